The normalized spacial score (nSPS) is 10.6. The van der Waals surface area contributed by atoms with E-state index in [0.717, 1.165) is 11.1 Å². The summed E-state index contributed by atoms with van der Waals surface area (Å²) in [6, 6.07) is 12.7. The first-order valence-electron chi connectivity index (χ1n) is 8.68. The SMILES string of the molecule is Cc1ccc(NC(=O)c2nnn(CC(=O)Nc3ccccc3Cl)c2C)c(C)c1. The second kappa shape index (κ2) is 8.22. The van der Waals surface area contributed by atoms with Gasteiger partial charge in [-0.05, 0) is 44.5 Å². The molecule has 1 aromatic heterocycles. The molecule has 2 aromatic carbocycles. The highest BCUT2D eigenvalue weighted by Gasteiger charge is 2.19. The molecule has 7 nitrogen and oxygen atoms in total. The molecule has 0 atom stereocenters. The van der Waals surface area contributed by atoms with Gasteiger partial charge in [0.1, 0.15) is 6.54 Å². The second-order valence-corrected chi connectivity index (χ2v) is 6.89. The molecule has 0 spiro atoms. The number of rotatable bonds is 5. The topological polar surface area (TPSA) is 88.9 Å². The summed E-state index contributed by atoms with van der Waals surface area (Å²) in [5.74, 6) is -0.690. The molecule has 0 aliphatic rings. The van der Waals surface area contributed by atoms with E-state index in [1.807, 2.05) is 32.0 Å². The molecular weight excluding hydrogens is 378 g/mol. The summed E-state index contributed by atoms with van der Waals surface area (Å²) in [6.45, 7) is 5.52. The van der Waals surface area contributed by atoms with Gasteiger partial charge in [-0.1, -0.05) is 46.6 Å². The van der Waals surface area contributed by atoms with Crippen LogP contribution >= 0.6 is 11.6 Å². The molecule has 0 radical (unpaired) electrons. The Bertz CT molecular complexity index is 1040. The molecule has 144 valence electrons. The summed E-state index contributed by atoms with van der Waals surface area (Å²) in [6.07, 6.45) is 0. The van der Waals surface area contributed by atoms with E-state index < -0.39 is 0 Å². The zero-order valence-corrected chi connectivity index (χ0v) is 16.5. The Balaban J connectivity index is 1.70. The van der Waals surface area contributed by atoms with Crippen LogP contribution in [0.3, 0.4) is 0 Å². The number of benzene rings is 2. The Morgan fingerprint density at radius 1 is 1.04 bits per heavy atom. The highest BCUT2D eigenvalue weighted by atomic mass is 35.5. The van der Waals surface area contributed by atoms with E-state index >= 15 is 0 Å². The minimum atomic E-state index is -0.373. The van der Waals surface area contributed by atoms with Gasteiger partial charge in [-0.3, -0.25) is 9.59 Å². The Hall–Kier alpha value is -3.19. The summed E-state index contributed by atoms with van der Waals surface area (Å²) in [7, 11) is 0. The van der Waals surface area contributed by atoms with E-state index in [9.17, 15) is 9.59 Å². The van der Waals surface area contributed by atoms with E-state index in [2.05, 4.69) is 20.9 Å². The number of nitrogens with zero attached hydrogens (tertiary/aromatic N) is 3. The zero-order chi connectivity index (χ0) is 20.3. The Morgan fingerprint density at radius 3 is 2.50 bits per heavy atom. The fourth-order valence-electron chi connectivity index (χ4n) is 2.74. The van der Waals surface area contributed by atoms with Gasteiger partial charge in [0.25, 0.3) is 5.91 Å². The first kappa shape index (κ1) is 19.6. The van der Waals surface area contributed by atoms with Gasteiger partial charge >= 0.3 is 0 Å². The monoisotopic (exact) mass is 397 g/mol. The van der Waals surface area contributed by atoms with Crippen molar-refractivity contribution in [1.82, 2.24) is 15.0 Å². The molecule has 0 saturated carbocycles. The van der Waals surface area contributed by atoms with E-state index in [-0.39, 0.29) is 24.1 Å². The van der Waals surface area contributed by atoms with Gasteiger partial charge in [0.2, 0.25) is 5.91 Å². The minimum absolute atomic E-state index is 0.0824. The zero-order valence-electron chi connectivity index (χ0n) is 15.8. The first-order valence-corrected chi connectivity index (χ1v) is 9.06. The molecule has 2 amide bonds. The lowest BCUT2D eigenvalue weighted by atomic mass is 10.1. The number of carbonyl (C=O) groups excluding carboxylic acids is 2. The van der Waals surface area contributed by atoms with Crippen LogP contribution in [0.4, 0.5) is 11.4 Å². The van der Waals surface area contributed by atoms with Gasteiger partial charge in [0.15, 0.2) is 5.69 Å². The Morgan fingerprint density at radius 2 is 1.79 bits per heavy atom. The average Bonchev–Trinajstić information content (AvgIpc) is 3.00. The summed E-state index contributed by atoms with van der Waals surface area (Å²) in [4.78, 5) is 24.8. The van der Waals surface area contributed by atoms with Crippen LogP contribution < -0.4 is 10.6 Å². The number of hydrogen-bond acceptors (Lipinski definition) is 4. The molecular formula is C20H20ClN5O2. The number of carbonyl (C=O) groups is 2. The number of nitrogens with one attached hydrogen (secondary N) is 2. The van der Waals surface area contributed by atoms with Crippen molar-refractivity contribution in [2.45, 2.75) is 27.3 Å². The molecule has 8 heteroatoms. The van der Waals surface area contributed by atoms with Crippen molar-refractivity contribution in [2.75, 3.05) is 10.6 Å². The van der Waals surface area contributed by atoms with Crippen LogP contribution in [0.15, 0.2) is 42.5 Å². The van der Waals surface area contributed by atoms with Gasteiger partial charge in [0, 0.05) is 5.69 Å². The number of para-hydroxylation sites is 1. The van der Waals surface area contributed by atoms with E-state index in [1.54, 1.807) is 31.2 Å². The molecule has 0 saturated heterocycles. The molecule has 28 heavy (non-hydrogen) atoms. The van der Waals surface area contributed by atoms with E-state index in [4.69, 9.17) is 11.6 Å². The third-order valence-electron chi connectivity index (χ3n) is 4.27. The number of halogens is 1. The number of aromatic nitrogens is 3. The first-order chi connectivity index (χ1) is 13.3. The van der Waals surface area contributed by atoms with Crippen molar-refractivity contribution >= 4 is 34.8 Å². The van der Waals surface area contributed by atoms with Crippen molar-refractivity contribution in [2.24, 2.45) is 0 Å². The number of anilines is 2. The predicted octanol–water partition coefficient (Wildman–Crippen LogP) is 3.75. The molecule has 2 N–H and O–H groups in total. The van der Waals surface area contributed by atoms with E-state index in [0.29, 0.717) is 22.1 Å². The molecule has 1 heterocycles. The van der Waals surface area contributed by atoms with Crippen LogP contribution in [0.5, 0.6) is 0 Å². The average molecular weight is 398 g/mol. The van der Waals surface area contributed by atoms with Gasteiger partial charge in [-0.15, -0.1) is 5.10 Å². The fraction of sp³-hybridized carbons (Fsp3) is 0.200. The third kappa shape index (κ3) is 4.37. The molecule has 0 aliphatic carbocycles. The Labute approximate surface area is 167 Å². The number of amides is 2. The summed E-state index contributed by atoms with van der Waals surface area (Å²) >= 11 is 6.05. The lowest BCUT2D eigenvalue weighted by Gasteiger charge is -2.09. The highest BCUT2D eigenvalue weighted by molar-refractivity contribution is 6.33. The molecule has 0 bridgehead atoms. The second-order valence-electron chi connectivity index (χ2n) is 6.48. The fourth-order valence-corrected chi connectivity index (χ4v) is 2.93. The Kier molecular flexibility index (Phi) is 5.75. The summed E-state index contributed by atoms with van der Waals surface area (Å²) < 4.78 is 1.38. The van der Waals surface area contributed by atoms with Crippen molar-refractivity contribution < 1.29 is 9.59 Å². The van der Waals surface area contributed by atoms with Crippen molar-refractivity contribution in [3.63, 3.8) is 0 Å². The van der Waals surface area contributed by atoms with Crippen LogP contribution in [0, 0.1) is 20.8 Å². The quantitative estimate of drug-likeness (QED) is 0.686. The highest BCUT2D eigenvalue weighted by Crippen LogP contribution is 2.20. The van der Waals surface area contributed by atoms with Gasteiger partial charge in [-0.25, -0.2) is 4.68 Å². The molecule has 3 aromatic rings. The van der Waals surface area contributed by atoms with Crippen molar-refractivity contribution in [3.8, 4) is 0 Å². The largest absolute Gasteiger partial charge is 0.323 e. The van der Waals surface area contributed by atoms with E-state index in [1.165, 1.54) is 4.68 Å². The maximum Gasteiger partial charge on any atom is 0.278 e. The van der Waals surface area contributed by atoms with Crippen LogP contribution in [-0.4, -0.2) is 26.8 Å². The molecule has 0 fully saturated rings. The standard InChI is InChI=1S/C20H20ClN5O2/c1-12-8-9-16(13(2)10-12)23-20(28)19-14(3)26(25-24-19)11-18(27)22-17-7-5-4-6-15(17)21/h4-10H,11H2,1-3H3,(H,22,27)(H,23,28). The van der Waals surface area contributed by atoms with Crippen molar-refractivity contribution in [1.29, 1.82) is 0 Å². The van der Waals surface area contributed by atoms with Crippen LogP contribution in [0.25, 0.3) is 0 Å². The summed E-state index contributed by atoms with van der Waals surface area (Å²) in [5.41, 5.74) is 3.96. The van der Waals surface area contributed by atoms with Crippen LogP contribution in [-0.2, 0) is 11.3 Å². The summed E-state index contributed by atoms with van der Waals surface area (Å²) in [5, 5.41) is 13.9. The smallest absolute Gasteiger partial charge is 0.278 e. The number of hydrogen-bond donors (Lipinski definition) is 2. The van der Waals surface area contributed by atoms with Crippen LogP contribution in [0.1, 0.15) is 27.3 Å². The number of aryl methyl sites for hydroxylation is 2. The molecule has 0 aliphatic heterocycles. The minimum Gasteiger partial charge on any atom is -0.323 e. The lowest BCUT2D eigenvalue weighted by Crippen LogP contribution is -2.21. The van der Waals surface area contributed by atoms with Crippen LogP contribution in [0.2, 0.25) is 5.02 Å². The lowest BCUT2D eigenvalue weighted by molar-refractivity contribution is -0.117. The maximum absolute atomic E-state index is 12.6. The van der Waals surface area contributed by atoms with Gasteiger partial charge in [0.05, 0.1) is 16.4 Å². The van der Waals surface area contributed by atoms with Gasteiger partial charge < -0.3 is 10.6 Å². The third-order valence-corrected chi connectivity index (χ3v) is 4.60. The predicted molar refractivity (Wildman–Crippen MR) is 109 cm³/mol. The molecule has 3 rings (SSSR count). The maximum atomic E-state index is 12.6. The molecule has 0 unspecified atom stereocenters. The van der Waals surface area contributed by atoms with Crippen molar-refractivity contribution in [3.05, 3.63) is 70.0 Å². The van der Waals surface area contributed by atoms with Gasteiger partial charge in [-0.2, -0.15) is 0 Å².